The summed E-state index contributed by atoms with van der Waals surface area (Å²) >= 11 is 0. The van der Waals surface area contributed by atoms with Gasteiger partial charge in [-0.3, -0.25) is 4.99 Å². The number of hydrogen-bond acceptors (Lipinski definition) is 4. The van der Waals surface area contributed by atoms with Gasteiger partial charge >= 0.3 is 0 Å². The van der Waals surface area contributed by atoms with Gasteiger partial charge in [0.05, 0.1) is 18.7 Å². The van der Waals surface area contributed by atoms with Crippen LogP contribution in [0.25, 0.3) is 0 Å². The van der Waals surface area contributed by atoms with Gasteiger partial charge in [0.1, 0.15) is 0 Å². The number of nitrogens with one attached hydrogen (secondary N) is 1. The van der Waals surface area contributed by atoms with E-state index in [4.69, 9.17) is 10.5 Å². The number of aliphatic imine (C=N–C) groups is 1. The molecule has 1 spiro atoms. The molecule has 2 aliphatic rings. The molecule has 3 N–H and O–H groups in total. The van der Waals surface area contributed by atoms with Crippen LogP contribution >= 0.6 is 0 Å². The monoisotopic (exact) mass is 155 g/mol. The minimum atomic E-state index is 0.0440. The van der Waals surface area contributed by atoms with Crippen LogP contribution in [0.4, 0.5) is 0 Å². The Hall–Kier alpha value is -0.770. The molecule has 2 rings (SSSR count). The van der Waals surface area contributed by atoms with E-state index in [1.165, 1.54) is 0 Å². The maximum absolute atomic E-state index is 5.52. The van der Waals surface area contributed by atoms with E-state index < -0.39 is 0 Å². The third kappa shape index (κ3) is 1.18. The zero-order valence-electron chi connectivity index (χ0n) is 6.47. The molecule has 1 saturated heterocycles. The van der Waals surface area contributed by atoms with E-state index in [0.29, 0.717) is 5.96 Å². The molecule has 0 aromatic heterocycles. The van der Waals surface area contributed by atoms with Crippen molar-refractivity contribution in [3.8, 4) is 0 Å². The molecule has 2 aliphatic heterocycles. The third-order valence-electron chi connectivity index (χ3n) is 2.27. The molecule has 1 fully saturated rings. The van der Waals surface area contributed by atoms with Gasteiger partial charge in [-0.15, -0.1) is 0 Å². The standard InChI is InChI=1S/C7H13N3O/c8-6-9-4-7(10-6)2-1-3-11-5-7/h1-5H2,(H3,8,9,10). The molecule has 0 aromatic carbocycles. The fraction of sp³-hybridized carbons (Fsp3) is 0.857. The summed E-state index contributed by atoms with van der Waals surface area (Å²) in [6.07, 6.45) is 2.23. The summed E-state index contributed by atoms with van der Waals surface area (Å²) in [5.74, 6) is 0.565. The first-order chi connectivity index (χ1) is 5.31. The van der Waals surface area contributed by atoms with Crippen LogP contribution in [0.3, 0.4) is 0 Å². The molecule has 0 aromatic rings. The van der Waals surface area contributed by atoms with Crippen LogP contribution in [-0.2, 0) is 4.74 Å². The van der Waals surface area contributed by atoms with Gasteiger partial charge in [-0.1, -0.05) is 0 Å². The Morgan fingerprint density at radius 2 is 2.55 bits per heavy atom. The highest BCUT2D eigenvalue weighted by Gasteiger charge is 2.36. The number of nitrogens with zero attached hydrogens (tertiary/aromatic N) is 1. The molecule has 0 saturated carbocycles. The van der Waals surface area contributed by atoms with Crippen molar-refractivity contribution in [3.63, 3.8) is 0 Å². The van der Waals surface area contributed by atoms with Gasteiger partial charge in [-0.2, -0.15) is 0 Å². The predicted molar refractivity (Wildman–Crippen MR) is 42.4 cm³/mol. The maximum atomic E-state index is 5.52. The molecule has 1 atom stereocenters. The highest BCUT2D eigenvalue weighted by molar-refractivity contribution is 5.80. The van der Waals surface area contributed by atoms with Gasteiger partial charge in [0.15, 0.2) is 5.96 Å². The number of guanidine groups is 1. The lowest BCUT2D eigenvalue weighted by Gasteiger charge is -2.32. The number of ether oxygens (including phenoxy) is 1. The van der Waals surface area contributed by atoms with Crippen molar-refractivity contribution in [3.05, 3.63) is 0 Å². The zero-order chi connectivity index (χ0) is 7.73. The molecule has 4 nitrogen and oxygen atoms in total. The zero-order valence-corrected chi connectivity index (χ0v) is 6.47. The fourth-order valence-electron chi connectivity index (χ4n) is 1.66. The smallest absolute Gasteiger partial charge is 0.189 e. The molecule has 62 valence electrons. The number of hydrogen-bond donors (Lipinski definition) is 2. The molecular formula is C7H13N3O. The van der Waals surface area contributed by atoms with E-state index in [1.807, 2.05) is 0 Å². The summed E-state index contributed by atoms with van der Waals surface area (Å²) in [5.41, 5.74) is 5.57. The lowest BCUT2D eigenvalue weighted by molar-refractivity contribution is 0.0367. The maximum Gasteiger partial charge on any atom is 0.189 e. The van der Waals surface area contributed by atoms with Crippen molar-refractivity contribution in [2.24, 2.45) is 10.7 Å². The Labute approximate surface area is 65.8 Å². The van der Waals surface area contributed by atoms with E-state index in [-0.39, 0.29) is 5.54 Å². The summed E-state index contributed by atoms with van der Waals surface area (Å²) in [5, 5.41) is 3.17. The molecule has 0 bridgehead atoms. The molecule has 0 amide bonds. The van der Waals surface area contributed by atoms with Gasteiger partial charge in [0.25, 0.3) is 0 Å². The summed E-state index contributed by atoms with van der Waals surface area (Å²) in [6, 6.07) is 0. The van der Waals surface area contributed by atoms with Crippen LogP contribution in [0.1, 0.15) is 12.8 Å². The Kier molecular flexibility index (Phi) is 1.49. The van der Waals surface area contributed by atoms with Gasteiger partial charge in [-0.05, 0) is 12.8 Å². The summed E-state index contributed by atoms with van der Waals surface area (Å²) in [7, 11) is 0. The van der Waals surface area contributed by atoms with Crippen molar-refractivity contribution in [2.45, 2.75) is 18.4 Å². The SMILES string of the molecule is NC1=NCC2(CCCOC2)N1. The van der Waals surface area contributed by atoms with E-state index in [1.54, 1.807) is 0 Å². The molecule has 1 unspecified atom stereocenters. The van der Waals surface area contributed by atoms with Gasteiger partial charge in [0.2, 0.25) is 0 Å². The van der Waals surface area contributed by atoms with Crippen molar-refractivity contribution >= 4 is 5.96 Å². The normalized spacial score (nSPS) is 36.9. The first-order valence-corrected chi connectivity index (χ1v) is 3.97. The van der Waals surface area contributed by atoms with E-state index in [0.717, 1.165) is 32.6 Å². The first-order valence-electron chi connectivity index (χ1n) is 3.97. The van der Waals surface area contributed by atoms with Crippen LogP contribution in [0.15, 0.2) is 4.99 Å². The Bertz CT molecular complexity index is 184. The van der Waals surface area contributed by atoms with Crippen molar-refractivity contribution in [1.82, 2.24) is 5.32 Å². The van der Waals surface area contributed by atoms with Crippen LogP contribution in [-0.4, -0.2) is 31.3 Å². The van der Waals surface area contributed by atoms with Gasteiger partial charge in [0, 0.05) is 6.61 Å². The summed E-state index contributed by atoms with van der Waals surface area (Å²) in [6.45, 7) is 2.40. The second-order valence-electron chi connectivity index (χ2n) is 3.26. The van der Waals surface area contributed by atoms with E-state index in [2.05, 4.69) is 10.3 Å². The third-order valence-corrected chi connectivity index (χ3v) is 2.27. The highest BCUT2D eigenvalue weighted by Crippen LogP contribution is 2.21. The summed E-state index contributed by atoms with van der Waals surface area (Å²) < 4.78 is 5.36. The van der Waals surface area contributed by atoms with Crippen LogP contribution in [0, 0.1) is 0 Å². The van der Waals surface area contributed by atoms with Crippen LogP contribution in [0.5, 0.6) is 0 Å². The molecule has 11 heavy (non-hydrogen) atoms. The van der Waals surface area contributed by atoms with E-state index >= 15 is 0 Å². The second-order valence-corrected chi connectivity index (χ2v) is 3.26. The molecule has 2 heterocycles. The molecular weight excluding hydrogens is 142 g/mol. The predicted octanol–water partition coefficient (Wildman–Crippen LogP) is -0.547. The molecule has 0 radical (unpaired) electrons. The van der Waals surface area contributed by atoms with Crippen molar-refractivity contribution < 1.29 is 4.74 Å². The van der Waals surface area contributed by atoms with E-state index in [9.17, 15) is 0 Å². The lowest BCUT2D eigenvalue weighted by Crippen LogP contribution is -2.53. The fourth-order valence-corrected chi connectivity index (χ4v) is 1.66. The largest absolute Gasteiger partial charge is 0.379 e. The molecule has 4 heteroatoms. The quantitative estimate of drug-likeness (QED) is 0.493. The Morgan fingerprint density at radius 1 is 1.64 bits per heavy atom. The molecule has 0 aliphatic carbocycles. The Morgan fingerprint density at radius 3 is 3.09 bits per heavy atom. The van der Waals surface area contributed by atoms with Crippen LogP contribution in [0.2, 0.25) is 0 Å². The average Bonchev–Trinajstić information content (AvgIpc) is 2.34. The minimum absolute atomic E-state index is 0.0440. The average molecular weight is 155 g/mol. The van der Waals surface area contributed by atoms with Crippen molar-refractivity contribution in [1.29, 1.82) is 0 Å². The number of rotatable bonds is 0. The number of nitrogens with two attached hydrogens (primary N) is 1. The second kappa shape index (κ2) is 2.37. The van der Waals surface area contributed by atoms with Crippen LogP contribution < -0.4 is 11.1 Å². The highest BCUT2D eigenvalue weighted by atomic mass is 16.5. The lowest BCUT2D eigenvalue weighted by atomic mass is 9.94. The van der Waals surface area contributed by atoms with Gasteiger partial charge in [-0.25, -0.2) is 0 Å². The summed E-state index contributed by atoms with van der Waals surface area (Å²) in [4.78, 5) is 4.12. The minimum Gasteiger partial charge on any atom is -0.379 e. The topological polar surface area (TPSA) is 59.6 Å². The Balaban J connectivity index is 2.01. The van der Waals surface area contributed by atoms with Gasteiger partial charge < -0.3 is 15.8 Å². The van der Waals surface area contributed by atoms with Crippen molar-refractivity contribution in [2.75, 3.05) is 19.8 Å². The first kappa shape index (κ1) is 6.91.